The number of aromatic nitrogens is 2. The summed E-state index contributed by atoms with van der Waals surface area (Å²) in [6, 6.07) is 18.0. The van der Waals surface area contributed by atoms with Gasteiger partial charge >= 0.3 is 0 Å². The first kappa shape index (κ1) is 19.3. The van der Waals surface area contributed by atoms with Crippen molar-refractivity contribution in [1.82, 2.24) is 9.55 Å². The molecule has 4 aromatic rings. The standard InChI is InChI=1S/C24H22N2O2S/c1-3-17-9-11-18(12-10-17)20-15-29-23-21(20)24(28)26(14-13-16(2)27)22(25-23)19-7-5-4-6-8-19/h4-12,15H,3,13-14H2,1-2H3. The van der Waals surface area contributed by atoms with Crippen LogP contribution in [0.1, 0.15) is 25.8 Å². The lowest BCUT2D eigenvalue weighted by Gasteiger charge is -2.12. The van der Waals surface area contributed by atoms with Gasteiger partial charge in [-0.15, -0.1) is 11.3 Å². The quantitative estimate of drug-likeness (QED) is 0.438. The average Bonchev–Trinajstić information content (AvgIpc) is 3.18. The van der Waals surface area contributed by atoms with Gasteiger partial charge in [0.05, 0.1) is 5.39 Å². The molecule has 0 spiro atoms. The summed E-state index contributed by atoms with van der Waals surface area (Å²) in [6.07, 6.45) is 1.28. The monoisotopic (exact) mass is 402 g/mol. The van der Waals surface area contributed by atoms with Crippen molar-refractivity contribution in [3.05, 3.63) is 75.9 Å². The van der Waals surface area contributed by atoms with Crippen molar-refractivity contribution >= 4 is 27.3 Å². The molecule has 4 nitrogen and oxygen atoms in total. The highest BCUT2D eigenvalue weighted by Gasteiger charge is 2.18. The maximum absolute atomic E-state index is 13.5. The molecule has 0 fully saturated rings. The van der Waals surface area contributed by atoms with E-state index in [2.05, 4.69) is 31.2 Å². The van der Waals surface area contributed by atoms with Crippen LogP contribution in [0.3, 0.4) is 0 Å². The molecule has 0 unspecified atom stereocenters. The lowest BCUT2D eigenvalue weighted by molar-refractivity contribution is -0.117. The Labute approximate surface area is 173 Å². The Hall–Kier alpha value is -3.05. The molecule has 0 amide bonds. The Morgan fingerprint density at radius 1 is 1.03 bits per heavy atom. The van der Waals surface area contributed by atoms with Gasteiger partial charge in [-0.3, -0.25) is 14.2 Å². The number of fused-ring (bicyclic) bond motifs is 1. The molecule has 0 saturated heterocycles. The second kappa shape index (κ2) is 8.13. The van der Waals surface area contributed by atoms with Crippen LogP contribution in [0.25, 0.3) is 32.7 Å². The summed E-state index contributed by atoms with van der Waals surface area (Å²) in [7, 11) is 0. The molecule has 0 saturated carbocycles. The number of Topliss-reactive ketones (excluding diaryl/α,β-unsaturated/α-hetero) is 1. The first-order chi connectivity index (χ1) is 14.1. The van der Waals surface area contributed by atoms with E-state index < -0.39 is 0 Å². The summed E-state index contributed by atoms with van der Waals surface area (Å²) in [5.74, 6) is 0.663. The van der Waals surface area contributed by atoms with E-state index in [-0.39, 0.29) is 11.3 Å². The van der Waals surface area contributed by atoms with Crippen molar-refractivity contribution in [3.8, 4) is 22.5 Å². The number of rotatable bonds is 6. The van der Waals surface area contributed by atoms with Crippen molar-refractivity contribution in [2.45, 2.75) is 33.2 Å². The average molecular weight is 403 g/mol. The lowest BCUT2D eigenvalue weighted by atomic mass is 10.0. The summed E-state index contributed by atoms with van der Waals surface area (Å²) >= 11 is 1.48. The summed E-state index contributed by atoms with van der Waals surface area (Å²) in [6.45, 7) is 3.99. The lowest BCUT2D eigenvalue weighted by Crippen LogP contribution is -2.24. The predicted molar refractivity (Wildman–Crippen MR) is 119 cm³/mol. The zero-order chi connectivity index (χ0) is 20.4. The maximum atomic E-state index is 13.5. The fourth-order valence-electron chi connectivity index (χ4n) is 3.44. The molecule has 0 N–H and O–H groups in total. The summed E-state index contributed by atoms with van der Waals surface area (Å²) in [5.41, 5.74) is 3.96. The number of aryl methyl sites for hydroxylation is 1. The summed E-state index contributed by atoms with van der Waals surface area (Å²) in [5, 5.41) is 2.63. The van der Waals surface area contributed by atoms with Gasteiger partial charge in [0, 0.05) is 29.5 Å². The summed E-state index contributed by atoms with van der Waals surface area (Å²) in [4.78, 5) is 30.7. The third-order valence-electron chi connectivity index (χ3n) is 5.09. The fourth-order valence-corrected chi connectivity index (χ4v) is 4.38. The molecule has 0 aliphatic heterocycles. The van der Waals surface area contributed by atoms with Gasteiger partial charge in [-0.2, -0.15) is 0 Å². The molecule has 2 aromatic carbocycles. The van der Waals surface area contributed by atoms with Crippen LogP contribution in [-0.2, 0) is 17.8 Å². The molecule has 0 aliphatic rings. The van der Waals surface area contributed by atoms with E-state index in [1.165, 1.54) is 16.9 Å². The van der Waals surface area contributed by atoms with Crippen molar-refractivity contribution in [2.24, 2.45) is 0 Å². The van der Waals surface area contributed by atoms with E-state index in [9.17, 15) is 9.59 Å². The Kier molecular flexibility index (Phi) is 5.41. The minimum atomic E-state index is -0.0917. The molecule has 29 heavy (non-hydrogen) atoms. The topological polar surface area (TPSA) is 52.0 Å². The van der Waals surface area contributed by atoms with Crippen molar-refractivity contribution in [2.75, 3.05) is 0 Å². The zero-order valence-corrected chi connectivity index (χ0v) is 17.3. The number of carbonyl (C=O) groups is 1. The third kappa shape index (κ3) is 3.78. The number of carbonyl (C=O) groups excluding carboxylic acids is 1. The number of ketones is 1. The Morgan fingerprint density at radius 2 is 1.76 bits per heavy atom. The van der Waals surface area contributed by atoms with Crippen molar-refractivity contribution in [1.29, 1.82) is 0 Å². The van der Waals surface area contributed by atoms with Crippen molar-refractivity contribution in [3.63, 3.8) is 0 Å². The van der Waals surface area contributed by atoms with Gasteiger partial charge < -0.3 is 0 Å². The number of thiophene rings is 1. The highest BCUT2D eigenvalue weighted by molar-refractivity contribution is 7.17. The van der Waals surface area contributed by atoms with E-state index in [1.54, 1.807) is 11.5 Å². The Morgan fingerprint density at radius 3 is 2.41 bits per heavy atom. The van der Waals surface area contributed by atoms with Gasteiger partial charge in [0.15, 0.2) is 0 Å². The largest absolute Gasteiger partial charge is 0.300 e. The van der Waals surface area contributed by atoms with E-state index >= 15 is 0 Å². The van der Waals surface area contributed by atoms with E-state index in [1.807, 2.05) is 35.7 Å². The minimum absolute atomic E-state index is 0.0525. The number of nitrogens with zero attached hydrogens (tertiary/aromatic N) is 2. The second-order valence-corrected chi connectivity index (χ2v) is 7.95. The fraction of sp³-hybridized carbons (Fsp3) is 0.208. The van der Waals surface area contributed by atoms with E-state index in [0.29, 0.717) is 24.2 Å². The van der Waals surface area contributed by atoms with E-state index in [4.69, 9.17) is 4.98 Å². The van der Waals surface area contributed by atoms with Crippen molar-refractivity contribution < 1.29 is 4.79 Å². The number of hydrogen-bond acceptors (Lipinski definition) is 4. The molecule has 4 rings (SSSR count). The van der Waals surface area contributed by atoms with Crippen LogP contribution in [-0.4, -0.2) is 15.3 Å². The molecule has 0 radical (unpaired) electrons. The molecule has 0 aliphatic carbocycles. The molecule has 2 heterocycles. The SMILES string of the molecule is CCc1ccc(-c2csc3nc(-c4ccccc4)n(CCC(C)=O)c(=O)c23)cc1. The molecule has 0 bridgehead atoms. The minimum Gasteiger partial charge on any atom is -0.300 e. The molecular formula is C24H22N2O2S. The zero-order valence-electron chi connectivity index (χ0n) is 16.5. The van der Waals surface area contributed by atoms with Gasteiger partial charge in [-0.1, -0.05) is 61.5 Å². The second-order valence-electron chi connectivity index (χ2n) is 7.09. The van der Waals surface area contributed by atoms with Crippen LogP contribution >= 0.6 is 11.3 Å². The third-order valence-corrected chi connectivity index (χ3v) is 5.96. The van der Waals surface area contributed by atoms with Gasteiger partial charge in [0.25, 0.3) is 5.56 Å². The van der Waals surface area contributed by atoms with Crippen LogP contribution < -0.4 is 5.56 Å². The van der Waals surface area contributed by atoms with Crippen LogP contribution in [0.2, 0.25) is 0 Å². The first-order valence-corrected chi connectivity index (χ1v) is 10.6. The molecule has 146 valence electrons. The number of hydrogen-bond donors (Lipinski definition) is 0. The Balaban J connectivity index is 1.93. The van der Waals surface area contributed by atoms with Gasteiger partial charge in [-0.25, -0.2) is 4.98 Å². The van der Waals surface area contributed by atoms with Gasteiger partial charge in [0.2, 0.25) is 0 Å². The molecule has 0 atom stereocenters. The maximum Gasteiger partial charge on any atom is 0.263 e. The first-order valence-electron chi connectivity index (χ1n) is 9.74. The smallest absolute Gasteiger partial charge is 0.263 e. The normalized spacial score (nSPS) is 11.1. The highest BCUT2D eigenvalue weighted by atomic mass is 32.1. The van der Waals surface area contributed by atoms with Gasteiger partial charge in [0.1, 0.15) is 16.4 Å². The van der Waals surface area contributed by atoms with Crippen LogP contribution in [0.15, 0.2) is 64.8 Å². The summed E-state index contributed by atoms with van der Waals surface area (Å²) < 4.78 is 1.65. The predicted octanol–water partition coefficient (Wildman–Crippen LogP) is 5.33. The van der Waals surface area contributed by atoms with Crippen LogP contribution in [0.4, 0.5) is 0 Å². The van der Waals surface area contributed by atoms with Crippen LogP contribution in [0.5, 0.6) is 0 Å². The molecule has 2 aromatic heterocycles. The molecular weight excluding hydrogens is 380 g/mol. The highest BCUT2D eigenvalue weighted by Crippen LogP contribution is 2.32. The van der Waals surface area contributed by atoms with Gasteiger partial charge in [-0.05, 0) is 24.5 Å². The Bertz CT molecular complexity index is 1220. The van der Waals surface area contributed by atoms with Crippen LogP contribution in [0, 0.1) is 0 Å². The molecule has 5 heteroatoms. The van der Waals surface area contributed by atoms with E-state index in [0.717, 1.165) is 27.9 Å². The number of benzene rings is 2.